The molecule has 1 amide bonds. The maximum Gasteiger partial charge on any atom is 0.492 e. The maximum atomic E-state index is 13.8. The number of carbonyl (C=O) groups is 2. The number of hydroxylamine groups is 2. The van der Waals surface area contributed by atoms with E-state index in [1.807, 2.05) is 48.5 Å². The van der Waals surface area contributed by atoms with Crippen molar-refractivity contribution in [2.75, 3.05) is 7.05 Å². The number of hydrogen-bond donors (Lipinski definition) is 1. The zero-order valence-electron chi connectivity index (χ0n) is 19.6. The van der Waals surface area contributed by atoms with E-state index in [4.69, 9.17) is 10.6 Å². The van der Waals surface area contributed by atoms with Crippen molar-refractivity contribution in [3.63, 3.8) is 0 Å². The summed E-state index contributed by atoms with van der Waals surface area (Å²) in [6, 6.07) is 28.7. The first kappa shape index (κ1) is 24.5. The topological polar surface area (TPSA) is 75.9 Å². The van der Waals surface area contributed by atoms with Gasteiger partial charge >= 0.3 is 12.1 Å². The van der Waals surface area contributed by atoms with Crippen LogP contribution in [0.3, 0.4) is 0 Å². The van der Waals surface area contributed by atoms with Gasteiger partial charge in [0, 0.05) is 7.05 Å². The zero-order valence-corrected chi connectivity index (χ0v) is 19.6. The van der Waals surface area contributed by atoms with E-state index in [2.05, 4.69) is 0 Å². The van der Waals surface area contributed by atoms with E-state index in [0.29, 0.717) is 16.2 Å². The summed E-state index contributed by atoms with van der Waals surface area (Å²) in [4.78, 5) is 31.7. The molecule has 2 unspecified atom stereocenters. The largest absolute Gasteiger partial charge is 0.492 e. The molecule has 37 heavy (non-hydrogen) atoms. The van der Waals surface area contributed by atoms with E-state index in [9.17, 15) is 22.8 Å². The molecule has 0 saturated carbocycles. The molecule has 1 heterocycles. The normalized spacial score (nSPS) is 20.4. The number of fused-ring (bicyclic) bond motifs is 1. The highest BCUT2D eigenvalue weighted by molar-refractivity contribution is 5.94. The Morgan fingerprint density at radius 1 is 0.838 bits per heavy atom. The molecule has 6 nitrogen and oxygen atoms in total. The van der Waals surface area contributed by atoms with Crippen molar-refractivity contribution in [3.8, 4) is 11.1 Å². The fourth-order valence-electron chi connectivity index (χ4n) is 4.73. The summed E-state index contributed by atoms with van der Waals surface area (Å²) < 4.78 is 39.8. The van der Waals surface area contributed by atoms with Gasteiger partial charge in [-0.2, -0.15) is 13.2 Å². The van der Waals surface area contributed by atoms with Gasteiger partial charge in [0.25, 0.3) is 5.91 Å². The lowest BCUT2D eigenvalue weighted by molar-refractivity contribution is -0.260. The summed E-state index contributed by atoms with van der Waals surface area (Å²) in [6.45, 7) is 0. The van der Waals surface area contributed by atoms with E-state index in [1.165, 1.54) is 7.05 Å². The summed E-state index contributed by atoms with van der Waals surface area (Å²) in [7, 11) is 1.35. The van der Waals surface area contributed by atoms with Crippen LogP contribution < -0.4 is 5.73 Å². The SMILES string of the molecule is CN1C(=O)C(c2ccccc2)(c2cccc(-c3ccc4ccccc4c3)c2)N(OC(=O)C(F)(F)F)C1N. The zero-order chi connectivity index (χ0) is 26.4. The first-order valence-corrected chi connectivity index (χ1v) is 11.4. The molecule has 0 radical (unpaired) electrons. The van der Waals surface area contributed by atoms with Crippen LogP contribution >= 0.6 is 0 Å². The summed E-state index contributed by atoms with van der Waals surface area (Å²) in [5, 5.41) is 2.69. The minimum absolute atomic E-state index is 0.295. The Kier molecular flexibility index (Phi) is 5.97. The molecule has 188 valence electrons. The highest BCUT2D eigenvalue weighted by atomic mass is 19.4. The molecule has 0 aromatic heterocycles. The molecule has 1 aliphatic heterocycles. The summed E-state index contributed by atoms with van der Waals surface area (Å²) in [5.41, 5.74) is 6.35. The van der Waals surface area contributed by atoms with Crippen LogP contribution in [0.15, 0.2) is 97.1 Å². The fraction of sp³-hybridized carbons (Fsp3) is 0.143. The number of nitrogens with zero attached hydrogens (tertiary/aromatic N) is 2. The molecule has 0 aliphatic carbocycles. The van der Waals surface area contributed by atoms with Crippen molar-refractivity contribution in [3.05, 3.63) is 108 Å². The molecule has 4 aromatic carbocycles. The van der Waals surface area contributed by atoms with Crippen molar-refractivity contribution >= 4 is 22.6 Å². The maximum absolute atomic E-state index is 13.8. The van der Waals surface area contributed by atoms with Crippen molar-refractivity contribution in [1.82, 2.24) is 9.96 Å². The molecule has 5 rings (SSSR count). The van der Waals surface area contributed by atoms with Gasteiger partial charge in [-0.3, -0.25) is 10.5 Å². The van der Waals surface area contributed by atoms with Gasteiger partial charge in [-0.1, -0.05) is 90.0 Å². The minimum Gasteiger partial charge on any atom is -0.356 e. The predicted octanol–water partition coefficient (Wildman–Crippen LogP) is 4.79. The molecule has 2 N–H and O–H groups in total. The molecule has 9 heteroatoms. The number of nitrogens with two attached hydrogens (primary N) is 1. The Morgan fingerprint density at radius 2 is 1.46 bits per heavy atom. The van der Waals surface area contributed by atoms with Crippen molar-refractivity contribution in [1.29, 1.82) is 0 Å². The van der Waals surface area contributed by atoms with Gasteiger partial charge in [-0.15, -0.1) is 0 Å². The number of alkyl halides is 3. The number of hydrogen-bond acceptors (Lipinski definition) is 5. The molecule has 1 aliphatic rings. The first-order chi connectivity index (χ1) is 17.6. The number of carbonyl (C=O) groups excluding carboxylic acids is 2. The highest BCUT2D eigenvalue weighted by Crippen LogP contribution is 2.45. The quantitative estimate of drug-likeness (QED) is 0.432. The Bertz CT molecular complexity index is 1490. The van der Waals surface area contributed by atoms with E-state index in [0.717, 1.165) is 26.8 Å². The van der Waals surface area contributed by atoms with Gasteiger partial charge in [-0.25, -0.2) is 4.79 Å². The van der Waals surface area contributed by atoms with Crippen LogP contribution in [0.25, 0.3) is 21.9 Å². The lowest BCUT2D eigenvalue weighted by Gasteiger charge is -2.36. The van der Waals surface area contributed by atoms with Gasteiger partial charge in [-0.05, 0) is 45.2 Å². The minimum atomic E-state index is -5.29. The second-order valence-electron chi connectivity index (χ2n) is 8.75. The second-order valence-corrected chi connectivity index (χ2v) is 8.75. The molecular weight excluding hydrogens is 483 g/mol. The lowest BCUT2D eigenvalue weighted by Crippen LogP contribution is -2.53. The Hall–Kier alpha value is -4.21. The average Bonchev–Trinajstić information content (AvgIpc) is 3.09. The number of benzene rings is 4. The van der Waals surface area contributed by atoms with Crippen LogP contribution in [0, 0.1) is 0 Å². The van der Waals surface area contributed by atoms with Gasteiger partial charge in [0.2, 0.25) is 0 Å². The Morgan fingerprint density at radius 3 is 2.16 bits per heavy atom. The number of likely N-dealkylation sites (N-methyl/N-ethyl adjacent to an activating group) is 1. The van der Waals surface area contributed by atoms with Crippen molar-refractivity contribution in [2.24, 2.45) is 5.73 Å². The molecule has 1 fully saturated rings. The number of rotatable bonds is 4. The van der Waals surface area contributed by atoms with E-state index in [1.54, 1.807) is 48.5 Å². The molecule has 0 spiro atoms. The molecule has 4 aromatic rings. The second kappa shape index (κ2) is 9.02. The van der Waals surface area contributed by atoms with Gasteiger partial charge in [0.05, 0.1) is 0 Å². The van der Waals surface area contributed by atoms with E-state index in [-0.39, 0.29) is 0 Å². The first-order valence-electron chi connectivity index (χ1n) is 11.4. The summed E-state index contributed by atoms with van der Waals surface area (Å²) in [5.74, 6) is -3.12. The highest BCUT2D eigenvalue weighted by Gasteiger charge is 2.61. The van der Waals surface area contributed by atoms with Crippen molar-refractivity contribution < 1.29 is 27.6 Å². The number of halogens is 3. The van der Waals surface area contributed by atoms with Crippen LogP contribution in [-0.2, 0) is 20.0 Å². The molecule has 1 saturated heterocycles. The molecule has 2 atom stereocenters. The van der Waals surface area contributed by atoms with Crippen LogP contribution in [-0.4, -0.2) is 41.4 Å². The smallest absolute Gasteiger partial charge is 0.356 e. The van der Waals surface area contributed by atoms with Crippen LogP contribution in [0.5, 0.6) is 0 Å². The van der Waals surface area contributed by atoms with Crippen LogP contribution in [0.2, 0.25) is 0 Å². The Labute approximate surface area is 210 Å². The molecular formula is C28H22F3N3O3. The molecule has 0 bridgehead atoms. The van der Waals surface area contributed by atoms with Crippen LogP contribution in [0.4, 0.5) is 13.2 Å². The third kappa shape index (κ3) is 4.02. The predicted molar refractivity (Wildman–Crippen MR) is 131 cm³/mol. The standard InChI is InChI=1S/C28H22F3N3O3/c1-33-24(35)27(22-11-3-2-4-12-22,34(26(33)32)37-25(36)28(29,30)31)23-13-7-10-20(17-23)21-15-14-18-8-5-6-9-19(18)16-21/h2-17,26H,32H2,1H3. The van der Waals surface area contributed by atoms with Gasteiger partial charge < -0.3 is 9.74 Å². The van der Waals surface area contributed by atoms with E-state index < -0.39 is 29.9 Å². The van der Waals surface area contributed by atoms with Gasteiger partial charge in [0.1, 0.15) is 0 Å². The number of amides is 1. The average molecular weight is 505 g/mol. The Balaban J connectivity index is 1.72. The summed E-state index contributed by atoms with van der Waals surface area (Å²) >= 11 is 0. The van der Waals surface area contributed by atoms with Gasteiger partial charge in [0.15, 0.2) is 11.8 Å². The fourth-order valence-corrected chi connectivity index (χ4v) is 4.73. The lowest BCUT2D eigenvalue weighted by atomic mass is 9.81. The third-order valence-corrected chi connectivity index (χ3v) is 6.56. The van der Waals surface area contributed by atoms with Crippen LogP contribution in [0.1, 0.15) is 11.1 Å². The monoisotopic (exact) mass is 505 g/mol. The van der Waals surface area contributed by atoms with Crippen molar-refractivity contribution in [2.45, 2.75) is 18.0 Å². The summed E-state index contributed by atoms with van der Waals surface area (Å²) in [6.07, 6.45) is -6.76. The third-order valence-electron chi connectivity index (χ3n) is 6.56. The van der Waals surface area contributed by atoms with E-state index >= 15 is 0 Å².